The minimum absolute atomic E-state index is 0.00608. The van der Waals surface area contributed by atoms with E-state index in [1.54, 1.807) is 50.6 Å². The first-order chi connectivity index (χ1) is 12.3. The third-order valence-electron chi connectivity index (χ3n) is 4.29. The number of aromatic nitrogens is 3. The fourth-order valence-corrected chi connectivity index (χ4v) is 3.15. The lowest BCUT2D eigenvalue weighted by Gasteiger charge is -2.28. The van der Waals surface area contributed by atoms with E-state index in [9.17, 15) is 9.59 Å². The average Bonchev–Trinajstić information content (AvgIpc) is 3.02. The second kappa shape index (κ2) is 7.11. The van der Waals surface area contributed by atoms with E-state index in [2.05, 4.69) is 10.3 Å². The SMILES string of the molecule is CC(NC(=O)OC(C)(C)C)c1nc2cccn2c(=O)n1C1CCOCC1. The fourth-order valence-electron chi connectivity index (χ4n) is 3.15. The van der Waals surface area contributed by atoms with Gasteiger partial charge in [0, 0.05) is 25.5 Å². The number of hydrogen-bond acceptors (Lipinski definition) is 5. The zero-order chi connectivity index (χ0) is 18.9. The van der Waals surface area contributed by atoms with Crippen LogP contribution in [0.2, 0.25) is 0 Å². The van der Waals surface area contributed by atoms with Crippen molar-refractivity contribution in [1.82, 2.24) is 19.3 Å². The van der Waals surface area contributed by atoms with E-state index in [0.29, 0.717) is 24.7 Å². The van der Waals surface area contributed by atoms with Crippen LogP contribution in [0.1, 0.15) is 58.4 Å². The lowest BCUT2D eigenvalue weighted by atomic mass is 10.1. The largest absolute Gasteiger partial charge is 0.444 e. The molecule has 0 bridgehead atoms. The molecule has 1 atom stereocenters. The van der Waals surface area contributed by atoms with Crippen molar-refractivity contribution in [3.8, 4) is 0 Å². The van der Waals surface area contributed by atoms with Crippen molar-refractivity contribution in [2.45, 2.75) is 58.2 Å². The van der Waals surface area contributed by atoms with Gasteiger partial charge < -0.3 is 14.8 Å². The van der Waals surface area contributed by atoms with Gasteiger partial charge in [-0.3, -0.25) is 8.97 Å². The van der Waals surface area contributed by atoms with Gasteiger partial charge in [0.1, 0.15) is 17.1 Å². The van der Waals surface area contributed by atoms with Crippen LogP contribution in [0.5, 0.6) is 0 Å². The molecule has 1 saturated heterocycles. The van der Waals surface area contributed by atoms with E-state index in [-0.39, 0.29) is 11.7 Å². The molecular weight excluding hydrogens is 336 g/mol. The van der Waals surface area contributed by atoms with E-state index >= 15 is 0 Å². The summed E-state index contributed by atoms with van der Waals surface area (Å²) in [6, 6.07) is 3.08. The molecule has 26 heavy (non-hydrogen) atoms. The summed E-state index contributed by atoms with van der Waals surface area (Å²) >= 11 is 0. The highest BCUT2D eigenvalue weighted by Gasteiger charge is 2.26. The Kier molecular flexibility index (Phi) is 5.04. The van der Waals surface area contributed by atoms with Gasteiger partial charge in [-0.1, -0.05) is 0 Å². The Morgan fingerprint density at radius 1 is 1.38 bits per heavy atom. The zero-order valence-electron chi connectivity index (χ0n) is 15.7. The Morgan fingerprint density at radius 3 is 2.73 bits per heavy atom. The molecule has 0 aromatic carbocycles. The van der Waals surface area contributed by atoms with Gasteiger partial charge in [0.25, 0.3) is 0 Å². The average molecular weight is 362 g/mol. The second-order valence-corrected chi connectivity index (χ2v) is 7.57. The van der Waals surface area contributed by atoms with Gasteiger partial charge in [0.2, 0.25) is 0 Å². The standard InChI is InChI=1S/C18H26N4O4/c1-12(19-16(23)26-18(2,3)4)15-20-14-6-5-9-21(14)17(24)22(15)13-7-10-25-11-8-13/h5-6,9,12-13H,7-8,10-11H2,1-4H3,(H,19,23). The quantitative estimate of drug-likeness (QED) is 0.906. The lowest BCUT2D eigenvalue weighted by Crippen LogP contribution is -2.40. The predicted octanol–water partition coefficient (Wildman–Crippen LogP) is 2.43. The summed E-state index contributed by atoms with van der Waals surface area (Å²) < 4.78 is 14.0. The molecule has 1 fully saturated rings. The molecular formula is C18H26N4O4. The Morgan fingerprint density at radius 2 is 2.08 bits per heavy atom. The highest BCUT2D eigenvalue weighted by Crippen LogP contribution is 2.23. The molecule has 1 N–H and O–H groups in total. The van der Waals surface area contributed by atoms with Gasteiger partial charge in [-0.25, -0.2) is 14.6 Å². The molecule has 3 heterocycles. The van der Waals surface area contributed by atoms with Crippen LogP contribution in [0.4, 0.5) is 4.79 Å². The summed E-state index contributed by atoms with van der Waals surface area (Å²) in [4.78, 5) is 29.8. The Labute approximate surface area is 152 Å². The Balaban J connectivity index is 1.97. The maximum absolute atomic E-state index is 13.0. The zero-order valence-corrected chi connectivity index (χ0v) is 15.7. The number of fused-ring (bicyclic) bond motifs is 1. The van der Waals surface area contributed by atoms with Crippen molar-refractivity contribution in [2.24, 2.45) is 0 Å². The molecule has 1 unspecified atom stereocenters. The Hall–Kier alpha value is -2.35. The van der Waals surface area contributed by atoms with Gasteiger partial charge in [0.15, 0.2) is 0 Å². The summed E-state index contributed by atoms with van der Waals surface area (Å²) in [5.74, 6) is 0.527. The van der Waals surface area contributed by atoms with Gasteiger partial charge in [-0.15, -0.1) is 0 Å². The van der Waals surface area contributed by atoms with Crippen LogP contribution in [0.25, 0.3) is 5.65 Å². The smallest absolute Gasteiger partial charge is 0.408 e. The minimum Gasteiger partial charge on any atom is -0.444 e. The number of rotatable bonds is 3. The van der Waals surface area contributed by atoms with Crippen LogP contribution < -0.4 is 11.0 Å². The molecule has 0 saturated carbocycles. The summed E-state index contributed by atoms with van der Waals surface area (Å²) in [6.45, 7) is 8.43. The lowest BCUT2D eigenvalue weighted by molar-refractivity contribution is 0.0495. The number of ether oxygens (including phenoxy) is 2. The monoisotopic (exact) mass is 362 g/mol. The first-order valence-corrected chi connectivity index (χ1v) is 8.93. The molecule has 3 rings (SSSR count). The topological polar surface area (TPSA) is 86.9 Å². The first-order valence-electron chi connectivity index (χ1n) is 8.93. The second-order valence-electron chi connectivity index (χ2n) is 7.57. The summed E-state index contributed by atoms with van der Waals surface area (Å²) in [5.41, 5.74) is -0.186. The van der Waals surface area contributed by atoms with Gasteiger partial charge >= 0.3 is 11.8 Å². The van der Waals surface area contributed by atoms with Crippen LogP contribution in [0, 0.1) is 0 Å². The number of carbonyl (C=O) groups excluding carboxylic acids is 1. The van der Waals surface area contributed by atoms with Crippen LogP contribution in [-0.4, -0.2) is 38.9 Å². The molecule has 0 spiro atoms. The third-order valence-corrected chi connectivity index (χ3v) is 4.29. The fraction of sp³-hybridized carbons (Fsp3) is 0.611. The molecule has 2 aromatic rings. The summed E-state index contributed by atoms with van der Waals surface area (Å²) in [7, 11) is 0. The predicted molar refractivity (Wildman–Crippen MR) is 96.3 cm³/mol. The van der Waals surface area contributed by atoms with E-state index in [1.807, 2.05) is 0 Å². The maximum Gasteiger partial charge on any atom is 0.408 e. The molecule has 1 amide bonds. The minimum atomic E-state index is -0.594. The molecule has 0 radical (unpaired) electrons. The van der Waals surface area contributed by atoms with Gasteiger partial charge in [-0.2, -0.15) is 0 Å². The number of hydrogen-bond donors (Lipinski definition) is 1. The molecule has 8 heteroatoms. The van der Waals surface area contributed by atoms with Gasteiger partial charge in [-0.05, 0) is 52.7 Å². The van der Waals surface area contributed by atoms with E-state index in [0.717, 1.165) is 12.8 Å². The molecule has 1 aliphatic rings. The van der Waals surface area contributed by atoms with E-state index in [1.165, 1.54) is 4.40 Å². The van der Waals surface area contributed by atoms with Crippen molar-refractivity contribution >= 4 is 11.7 Å². The summed E-state index contributed by atoms with van der Waals surface area (Å²) in [6.07, 6.45) is 2.64. The van der Waals surface area contributed by atoms with Crippen molar-refractivity contribution in [2.75, 3.05) is 13.2 Å². The van der Waals surface area contributed by atoms with Crippen LogP contribution in [0.3, 0.4) is 0 Å². The number of carbonyl (C=O) groups is 1. The number of alkyl carbamates (subject to hydrolysis) is 1. The number of nitrogens with zero attached hydrogens (tertiary/aromatic N) is 3. The summed E-state index contributed by atoms with van der Waals surface area (Å²) in [5, 5.41) is 2.79. The van der Waals surface area contributed by atoms with Gasteiger partial charge in [0.05, 0.1) is 6.04 Å². The third kappa shape index (κ3) is 3.90. The van der Waals surface area contributed by atoms with Crippen molar-refractivity contribution in [3.05, 3.63) is 34.6 Å². The normalized spacial score (nSPS) is 17.2. The molecule has 142 valence electrons. The van der Waals surface area contributed by atoms with Crippen molar-refractivity contribution < 1.29 is 14.3 Å². The number of amides is 1. The van der Waals surface area contributed by atoms with Crippen molar-refractivity contribution in [3.63, 3.8) is 0 Å². The first kappa shape index (κ1) is 18.4. The highest BCUT2D eigenvalue weighted by atomic mass is 16.6. The molecule has 1 aliphatic heterocycles. The van der Waals surface area contributed by atoms with Crippen LogP contribution in [-0.2, 0) is 9.47 Å². The molecule has 8 nitrogen and oxygen atoms in total. The highest BCUT2D eigenvalue weighted by molar-refractivity contribution is 5.68. The van der Waals surface area contributed by atoms with E-state index < -0.39 is 17.7 Å². The van der Waals surface area contributed by atoms with E-state index in [4.69, 9.17) is 9.47 Å². The molecule has 0 aliphatic carbocycles. The maximum atomic E-state index is 13.0. The number of nitrogens with one attached hydrogen (secondary N) is 1. The van der Waals surface area contributed by atoms with Crippen LogP contribution >= 0.6 is 0 Å². The molecule has 2 aromatic heterocycles. The van der Waals surface area contributed by atoms with Crippen LogP contribution in [0.15, 0.2) is 23.1 Å². The Bertz CT molecular complexity index is 843. The van der Waals surface area contributed by atoms with Crippen molar-refractivity contribution in [1.29, 1.82) is 0 Å².